The molecule has 2 aromatic rings. The van der Waals surface area contributed by atoms with Crippen LogP contribution in [0.15, 0.2) is 6.20 Å². The molecule has 1 saturated heterocycles. The zero-order valence-electron chi connectivity index (χ0n) is 9.81. The molecule has 17 heavy (non-hydrogen) atoms. The first-order chi connectivity index (χ1) is 8.15. The first-order valence-corrected chi connectivity index (χ1v) is 6.14. The van der Waals surface area contributed by atoms with Gasteiger partial charge in [-0.2, -0.15) is 15.1 Å². The van der Waals surface area contributed by atoms with Crippen molar-refractivity contribution >= 4 is 28.5 Å². The van der Waals surface area contributed by atoms with E-state index in [2.05, 4.69) is 38.9 Å². The normalized spacial score (nSPS) is 24.8. The third kappa shape index (κ3) is 1.74. The van der Waals surface area contributed by atoms with E-state index in [1.165, 1.54) is 0 Å². The van der Waals surface area contributed by atoms with Crippen molar-refractivity contribution in [3.05, 3.63) is 11.5 Å². The standard InChI is InChI=1S/C11H14ClN5/c1-6-4-17(5-7(6)2)10-8-3-13-16-9(8)14-11(12)15-10/h3,6-7H,4-5H2,1-2H3,(H,13,14,15,16). The van der Waals surface area contributed by atoms with Crippen LogP contribution in [0, 0.1) is 11.8 Å². The van der Waals surface area contributed by atoms with E-state index in [9.17, 15) is 0 Å². The largest absolute Gasteiger partial charge is 0.355 e. The lowest BCUT2D eigenvalue weighted by Gasteiger charge is -2.17. The van der Waals surface area contributed by atoms with E-state index in [1.54, 1.807) is 6.20 Å². The lowest BCUT2D eigenvalue weighted by molar-refractivity contribution is 0.494. The minimum atomic E-state index is 0.268. The fourth-order valence-electron chi connectivity index (χ4n) is 2.34. The van der Waals surface area contributed by atoms with Gasteiger partial charge in [0.05, 0.1) is 11.6 Å². The summed E-state index contributed by atoms with van der Waals surface area (Å²) in [6.07, 6.45) is 1.76. The van der Waals surface area contributed by atoms with Crippen LogP contribution in [-0.4, -0.2) is 33.3 Å². The molecule has 3 rings (SSSR count). The lowest BCUT2D eigenvalue weighted by Crippen LogP contribution is -2.21. The Labute approximate surface area is 104 Å². The molecule has 0 aromatic carbocycles. The Kier molecular flexibility index (Phi) is 2.43. The van der Waals surface area contributed by atoms with E-state index in [0.29, 0.717) is 17.5 Å². The van der Waals surface area contributed by atoms with Crippen molar-refractivity contribution in [2.75, 3.05) is 18.0 Å². The van der Waals surface area contributed by atoms with Gasteiger partial charge in [0.15, 0.2) is 5.65 Å². The van der Waals surface area contributed by atoms with Gasteiger partial charge in [-0.25, -0.2) is 0 Å². The predicted molar refractivity (Wildman–Crippen MR) is 67.2 cm³/mol. The number of fused-ring (bicyclic) bond motifs is 1. The molecule has 2 atom stereocenters. The van der Waals surface area contributed by atoms with Crippen molar-refractivity contribution in [1.82, 2.24) is 20.2 Å². The number of H-pyrrole nitrogens is 1. The van der Waals surface area contributed by atoms with Gasteiger partial charge in [0.25, 0.3) is 0 Å². The molecule has 90 valence electrons. The van der Waals surface area contributed by atoms with Gasteiger partial charge in [0, 0.05) is 13.1 Å². The lowest BCUT2D eigenvalue weighted by atomic mass is 10.0. The highest BCUT2D eigenvalue weighted by Crippen LogP contribution is 2.31. The van der Waals surface area contributed by atoms with E-state index in [0.717, 1.165) is 24.3 Å². The summed E-state index contributed by atoms with van der Waals surface area (Å²) in [7, 11) is 0. The fraction of sp³-hybridized carbons (Fsp3) is 0.545. The summed E-state index contributed by atoms with van der Waals surface area (Å²) in [5, 5.41) is 8.04. The summed E-state index contributed by atoms with van der Waals surface area (Å²) < 4.78 is 0. The Morgan fingerprint density at radius 2 is 2.00 bits per heavy atom. The minimum Gasteiger partial charge on any atom is -0.355 e. The third-order valence-corrected chi connectivity index (χ3v) is 3.72. The van der Waals surface area contributed by atoms with Gasteiger partial charge in [-0.1, -0.05) is 13.8 Å². The predicted octanol–water partition coefficient (Wildman–Crippen LogP) is 2.10. The molecular weight excluding hydrogens is 238 g/mol. The molecule has 3 heterocycles. The van der Waals surface area contributed by atoms with Gasteiger partial charge in [-0.15, -0.1) is 0 Å². The Morgan fingerprint density at radius 1 is 1.29 bits per heavy atom. The number of nitrogens with one attached hydrogen (secondary N) is 1. The van der Waals surface area contributed by atoms with E-state index < -0.39 is 0 Å². The van der Waals surface area contributed by atoms with Crippen molar-refractivity contribution in [1.29, 1.82) is 0 Å². The van der Waals surface area contributed by atoms with Crippen molar-refractivity contribution < 1.29 is 0 Å². The summed E-state index contributed by atoms with van der Waals surface area (Å²) in [6.45, 7) is 6.55. The van der Waals surface area contributed by atoms with Gasteiger partial charge in [0.2, 0.25) is 5.28 Å². The molecule has 0 aliphatic carbocycles. The van der Waals surface area contributed by atoms with Gasteiger partial charge >= 0.3 is 0 Å². The Morgan fingerprint density at radius 3 is 2.71 bits per heavy atom. The van der Waals surface area contributed by atoms with Crippen molar-refractivity contribution in [2.45, 2.75) is 13.8 Å². The number of anilines is 1. The quantitative estimate of drug-likeness (QED) is 0.789. The molecule has 1 aliphatic rings. The molecule has 1 N–H and O–H groups in total. The first-order valence-electron chi connectivity index (χ1n) is 5.76. The molecule has 0 bridgehead atoms. The van der Waals surface area contributed by atoms with E-state index in [4.69, 9.17) is 11.6 Å². The number of aromatic nitrogens is 4. The van der Waals surface area contributed by atoms with Crippen LogP contribution in [0.1, 0.15) is 13.8 Å². The monoisotopic (exact) mass is 251 g/mol. The van der Waals surface area contributed by atoms with Crippen LogP contribution in [0.3, 0.4) is 0 Å². The zero-order chi connectivity index (χ0) is 12.0. The molecule has 1 aliphatic heterocycles. The van der Waals surface area contributed by atoms with E-state index in [-0.39, 0.29) is 5.28 Å². The topological polar surface area (TPSA) is 57.7 Å². The Hall–Kier alpha value is -1.36. The van der Waals surface area contributed by atoms with Crippen LogP contribution < -0.4 is 4.90 Å². The van der Waals surface area contributed by atoms with Crippen LogP contribution in [0.25, 0.3) is 11.0 Å². The number of nitrogens with zero attached hydrogens (tertiary/aromatic N) is 4. The Bertz CT molecular complexity index is 542. The SMILES string of the molecule is CC1CN(c2nc(Cl)nc3[nH]ncc23)CC1C. The fourth-order valence-corrected chi connectivity index (χ4v) is 2.50. The zero-order valence-corrected chi connectivity index (χ0v) is 10.6. The maximum absolute atomic E-state index is 5.94. The minimum absolute atomic E-state index is 0.268. The van der Waals surface area contributed by atoms with Crippen LogP contribution in [0.2, 0.25) is 5.28 Å². The van der Waals surface area contributed by atoms with Gasteiger partial charge < -0.3 is 4.90 Å². The first kappa shape index (κ1) is 10.8. The highest BCUT2D eigenvalue weighted by atomic mass is 35.5. The molecule has 6 heteroatoms. The van der Waals surface area contributed by atoms with Crippen molar-refractivity contribution in [3.63, 3.8) is 0 Å². The van der Waals surface area contributed by atoms with Gasteiger partial charge in [0.1, 0.15) is 5.82 Å². The molecule has 5 nitrogen and oxygen atoms in total. The molecule has 1 fully saturated rings. The molecular formula is C11H14ClN5. The number of halogens is 1. The second kappa shape index (κ2) is 3.84. The number of hydrogen-bond acceptors (Lipinski definition) is 4. The summed E-state index contributed by atoms with van der Waals surface area (Å²) in [6, 6.07) is 0. The average molecular weight is 252 g/mol. The molecule has 2 aromatic heterocycles. The molecule has 0 amide bonds. The number of rotatable bonds is 1. The summed E-state index contributed by atoms with van der Waals surface area (Å²) in [5.74, 6) is 2.24. The van der Waals surface area contributed by atoms with Crippen LogP contribution in [0.5, 0.6) is 0 Å². The maximum atomic E-state index is 5.94. The van der Waals surface area contributed by atoms with Crippen molar-refractivity contribution in [3.8, 4) is 0 Å². The molecule has 2 unspecified atom stereocenters. The average Bonchev–Trinajstić information content (AvgIpc) is 2.85. The van der Waals surface area contributed by atoms with E-state index in [1.807, 2.05) is 0 Å². The van der Waals surface area contributed by atoms with Gasteiger partial charge in [-0.05, 0) is 23.4 Å². The smallest absolute Gasteiger partial charge is 0.226 e. The summed E-state index contributed by atoms with van der Waals surface area (Å²) in [5.41, 5.74) is 0.701. The maximum Gasteiger partial charge on any atom is 0.226 e. The third-order valence-electron chi connectivity index (χ3n) is 3.55. The molecule has 0 saturated carbocycles. The van der Waals surface area contributed by atoms with Crippen LogP contribution in [-0.2, 0) is 0 Å². The highest BCUT2D eigenvalue weighted by Gasteiger charge is 2.28. The van der Waals surface area contributed by atoms with Gasteiger partial charge in [-0.3, -0.25) is 5.10 Å². The number of aromatic amines is 1. The second-order valence-corrected chi connectivity index (χ2v) is 5.15. The molecule has 0 spiro atoms. The highest BCUT2D eigenvalue weighted by molar-refractivity contribution is 6.28. The Balaban J connectivity index is 2.08. The second-order valence-electron chi connectivity index (χ2n) is 4.81. The van der Waals surface area contributed by atoms with Crippen LogP contribution >= 0.6 is 11.6 Å². The number of hydrogen-bond donors (Lipinski definition) is 1. The summed E-state index contributed by atoms with van der Waals surface area (Å²) in [4.78, 5) is 10.7. The summed E-state index contributed by atoms with van der Waals surface area (Å²) >= 11 is 5.94. The van der Waals surface area contributed by atoms with Crippen molar-refractivity contribution in [2.24, 2.45) is 11.8 Å². The van der Waals surface area contributed by atoms with Crippen LogP contribution in [0.4, 0.5) is 5.82 Å². The molecule has 0 radical (unpaired) electrons. The van der Waals surface area contributed by atoms with E-state index >= 15 is 0 Å².